The van der Waals surface area contributed by atoms with E-state index in [0.717, 1.165) is 35.0 Å². The Morgan fingerprint density at radius 2 is 1.88 bits per heavy atom. The standard InChI is InChI=1S/C32H35FN6O3/c33-25-10-7-22(8-11-25)9-12-26(31(41)38-32-36-28-5-1-2-6-29(28)37-32)27(34)18-23-13-16-39(17-14-23)30(40)21-42-20-24-4-3-15-35-19-24/h1-8,10-11,15,19,23,34,41H,9,12-14,16-18,20-21H2,(H2,36,37,38)/b31-26+,34-27?. The van der Waals surface area contributed by atoms with Crippen LogP contribution in [0.4, 0.5) is 10.3 Å². The number of benzene rings is 2. The zero-order chi connectivity index (χ0) is 29.3. The summed E-state index contributed by atoms with van der Waals surface area (Å²) in [4.78, 5) is 26.1. The van der Waals surface area contributed by atoms with Crippen LogP contribution in [0.1, 0.15) is 36.8 Å². The van der Waals surface area contributed by atoms with Crippen LogP contribution in [0.25, 0.3) is 11.0 Å². The van der Waals surface area contributed by atoms with Crippen molar-refractivity contribution in [2.24, 2.45) is 5.92 Å². The summed E-state index contributed by atoms with van der Waals surface area (Å²) >= 11 is 0. The minimum atomic E-state index is -0.304. The number of aryl methyl sites for hydroxylation is 1. The van der Waals surface area contributed by atoms with Gasteiger partial charge in [0.1, 0.15) is 12.4 Å². The molecule has 1 fully saturated rings. The van der Waals surface area contributed by atoms with Gasteiger partial charge >= 0.3 is 0 Å². The number of hydrogen-bond acceptors (Lipinski definition) is 7. The number of H-pyrrole nitrogens is 1. The Labute approximate surface area is 244 Å². The number of aromatic nitrogens is 3. The number of imidazole rings is 1. The highest BCUT2D eigenvalue weighted by molar-refractivity contribution is 5.98. The summed E-state index contributed by atoms with van der Waals surface area (Å²) < 4.78 is 19.0. The normalized spacial score (nSPS) is 14.5. The molecule has 5 rings (SSSR count). The Morgan fingerprint density at radius 3 is 2.62 bits per heavy atom. The number of allylic oxidation sites excluding steroid dienone is 1. The topological polar surface area (TPSA) is 127 Å². The first-order chi connectivity index (χ1) is 20.4. The van der Waals surface area contributed by atoms with Gasteiger partial charge in [-0.3, -0.25) is 15.1 Å². The molecule has 10 heteroatoms. The number of carbonyl (C=O) groups is 1. The van der Waals surface area contributed by atoms with Crippen molar-refractivity contribution in [3.63, 3.8) is 0 Å². The quantitative estimate of drug-likeness (QED) is 0.126. The number of nitrogens with zero attached hydrogens (tertiary/aromatic N) is 3. The van der Waals surface area contributed by atoms with Crippen molar-refractivity contribution in [1.82, 2.24) is 19.9 Å². The average molecular weight is 571 g/mol. The molecule has 42 heavy (non-hydrogen) atoms. The first-order valence-electron chi connectivity index (χ1n) is 14.1. The van der Waals surface area contributed by atoms with Crippen LogP contribution in [0.15, 0.2) is 84.5 Å². The second-order valence-electron chi connectivity index (χ2n) is 10.5. The molecule has 0 saturated carbocycles. The summed E-state index contributed by atoms with van der Waals surface area (Å²) in [5, 5.41) is 23.0. The number of nitrogens with one attached hydrogen (secondary N) is 3. The summed E-state index contributed by atoms with van der Waals surface area (Å²) in [7, 11) is 0. The number of hydrogen-bond donors (Lipinski definition) is 4. The van der Waals surface area contributed by atoms with Gasteiger partial charge in [0.15, 0.2) is 5.88 Å². The van der Waals surface area contributed by atoms with Gasteiger partial charge in [-0.1, -0.05) is 30.3 Å². The number of pyridine rings is 1. The highest BCUT2D eigenvalue weighted by Gasteiger charge is 2.25. The van der Waals surface area contributed by atoms with Crippen LogP contribution in [0.2, 0.25) is 0 Å². The van der Waals surface area contributed by atoms with Crippen molar-refractivity contribution in [2.75, 3.05) is 25.0 Å². The molecule has 2 aromatic carbocycles. The van der Waals surface area contributed by atoms with Crippen molar-refractivity contribution in [3.8, 4) is 0 Å². The third-order valence-electron chi connectivity index (χ3n) is 7.53. The number of para-hydroxylation sites is 2. The van der Waals surface area contributed by atoms with E-state index in [1.807, 2.05) is 41.3 Å². The van der Waals surface area contributed by atoms with Gasteiger partial charge in [-0.15, -0.1) is 0 Å². The molecule has 4 N–H and O–H groups in total. The molecule has 9 nitrogen and oxygen atoms in total. The Morgan fingerprint density at radius 1 is 1.10 bits per heavy atom. The van der Waals surface area contributed by atoms with E-state index in [2.05, 4.69) is 20.3 Å². The molecule has 3 heterocycles. The van der Waals surface area contributed by atoms with Gasteiger partial charge in [0, 0.05) is 36.8 Å². The Balaban J connectivity index is 1.18. The van der Waals surface area contributed by atoms with E-state index in [4.69, 9.17) is 10.1 Å². The Hall–Kier alpha value is -4.57. The minimum absolute atomic E-state index is 0.0208. The highest BCUT2D eigenvalue weighted by atomic mass is 19.1. The van der Waals surface area contributed by atoms with Crippen molar-refractivity contribution in [1.29, 1.82) is 5.41 Å². The fraction of sp³-hybridized carbons (Fsp3) is 0.312. The van der Waals surface area contributed by atoms with Crippen molar-refractivity contribution >= 4 is 28.6 Å². The number of aromatic amines is 1. The van der Waals surface area contributed by atoms with E-state index in [-0.39, 0.29) is 30.1 Å². The van der Waals surface area contributed by atoms with Gasteiger partial charge in [0.05, 0.1) is 17.6 Å². The van der Waals surface area contributed by atoms with Crippen LogP contribution in [0, 0.1) is 17.1 Å². The number of aliphatic hydroxyl groups is 1. The van der Waals surface area contributed by atoms with Crippen LogP contribution in [0.3, 0.4) is 0 Å². The predicted octanol–water partition coefficient (Wildman–Crippen LogP) is 5.78. The SMILES string of the molecule is N=C(CC1CCN(C(=O)COCc2cccnc2)CC1)/C(CCc1ccc(F)cc1)=C(/O)Nc1nc2ccccc2[nH]1. The maximum absolute atomic E-state index is 13.4. The molecule has 0 atom stereocenters. The number of ether oxygens (including phenoxy) is 1. The smallest absolute Gasteiger partial charge is 0.248 e. The van der Waals surface area contributed by atoms with E-state index in [9.17, 15) is 14.3 Å². The minimum Gasteiger partial charge on any atom is -0.494 e. The first kappa shape index (κ1) is 28.9. The van der Waals surface area contributed by atoms with Crippen LogP contribution in [-0.2, 0) is 22.6 Å². The molecule has 1 aliphatic heterocycles. The monoisotopic (exact) mass is 570 g/mol. The highest BCUT2D eigenvalue weighted by Crippen LogP contribution is 2.26. The van der Waals surface area contributed by atoms with Crippen molar-refractivity contribution in [2.45, 2.75) is 38.7 Å². The number of likely N-dealkylation sites (tertiary alicyclic amines) is 1. The number of piperidine rings is 1. The maximum Gasteiger partial charge on any atom is 0.248 e. The lowest BCUT2D eigenvalue weighted by Gasteiger charge is -2.32. The molecule has 1 amide bonds. The molecule has 0 bridgehead atoms. The maximum atomic E-state index is 13.4. The van der Waals surface area contributed by atoms with Gasteiger partial charge < -0.3 is 25.1 Å². The summed E-state index contributed by atoms with van der Waals surface area (Å²) in [6, 6.07) is 17.6. The lowest BCUT2D eigenvalue weighted by molar-refractivity contribution is -0.137. The molecule has 4 aromatic rings. The number of halogens is 1. The van der Waals surface area contributed by atoms with Gasteiger partial charge in [0.25, 0.3) is 0 Å². The van der Waals surface area contributed by atoms with Gasteiger partial charge in [0.2, 0.25) is 11.9 Å². The summed E-state index contributed by atoms with van der Waals surface area (Å²) in [5.41, 5.74) is 4.25. The number of fused-ring (bicyclic) bond motifs is 1. The second kappa shape index (κ2) is 13.9. The van der Waals surface area contributed by atoms with Crippen LogP contribution in [-0.4, -0.2) is 56.3 Å². The molecule has 1 saturated heterocycles. The van der Waals surface area contributed by atoms with Crippen LogP contribution >= 0.6 is 0 Å². The molecule has 0 spiro atoms. The summed E-state index contributed by atoms with van der Waals surface area (Å²) in [6.07, 6.45) is 6.35. The van der Waals surface area contributed by atoms with Gasteiger partial charge in [-0.25, -0.2) is 9.37 Å². The zero-order valence-electron chi connectivity index (χ0n) is 23.4. The summed E-state index contributed by atoms with van der Waals surface area (Å²) in [5.74, 6) is 0.122. The fourth-order valence-electron chi connectivity index (χ4n) is 5.16. The number of carbonyl (C=O) groups excluding carboxylic acids is 1. The number of anilines is 1. The molecule has 2 aromatic heterocycles. The number of amides is 1. The first-order valence-corrected chi connectivity index (χ1v) is 14.1. The average Bonchev–Trinajstić information content (AvgIpc) is 3.41. The van der Waals surface area contributed by atoms with Gasteiger partial charge in [-0.05, 0) is 79.5 Å². The van der Waals surface area contributed by atoms with E-state index < -0.39 is 0 Å². The molecular weight excluding hydrogens is 535 g/mol. The molecule has 218 valence electrons. The van der Waals surface area contributed by atoms with E-state index in [0.29, 0.717) is 56.2 Å². The lowest BCUT2D eigenvalue weighted by Crippen LogP contribution is -2.40. The summed E-state index contributed by atoms with van der Waals surface area (Å²) in [6.45, 7) is 1.56. The fourth-order valence-corrected chi connectivity index (χ4v) is 5.16. The lowest BCUT2D eigenvalue weighted by atomic mass is 9.88. The van der Waals surface area contributed by atoms with Crippen LogP contribution in [0.5, 0.6) is 0 Å². The van der Waals surface area contributed by atoms with Crippen molar-refractivity contribution in [3.05, 3.63) is 101 Å². The van der Waals surface area contributed by atoms with Crippen molar-refractivity contribution < 1.29 is 19.0 Å². The Kier molecular flexibility index (Phi) is 9.55. The van der Waals surface area contributed by atoms with E-state index in [1.54, 1.807) is 24.5 Å². The van der Waals surface area contributed by atoms with E-state index in [1.165, 1.54) is 12.1 Å². The molecule has 0 radical (unpaired) electrons. The van der Waals surface area contributed by atoms with Gasteiger partial charge in [-0.2, -0.15) is 0 Å². The molecule has 0 aliphatic carbocycles. The molecule has 0 unspecified atom stereocenters. The third-order valence-corrected chi connectivity index (χ3v) is 7.53. The molecule has 1 aliphatic rings. The Bertz CT molecular complexity index is 1500. The predicted molar refractivity (Wildman–Crippen MR) is 160 cm³/mol. The van der Waals surface area contributed by atoms with E-state index >= 15 is 0 Å². The number of aliphatic hydroxyl groups excluding tert-OH is 1. The van der Waals surface area contributed by atoms with Crippen LogP contribution < -0.4 is 5.32 Å². The molecular formula is C32H35FN6O3. The third kappa shape index (κ3) is 7.79. The second-order valence-corrected chi connectivity index (χ2v) is 10.5. The largest absolute Gasteiger partial charge is 0.494 e. The number of rotatable bonds is 12. The zero-order valence-corrected chi connectivity index (χ0v) is 23.4.